The first-order chi connectivity index (χ1) is 25.0. The van der Waals surface area contributed by atoms with Crippen molar-refractivity contribution in [1.29, 1.82) is 0 Å². The van der Waals surface area contributed by atoms with Gasteiger partial charge in [-0.1, -0.05) is 24.3 Å². The minimum Gasteiger partial charge on any atom is -0.493 e. The minimum atomic E-state index is 0. The molecule has 9 heteroatoms. The molecule has 0 amide bonds. The van der Waals surface area contributed by atoms with Gasteiger partial charge < -0.3 is 28.4 Å². The maximum Gasteiger partial charge on any atom is 3.00 e. The molecular formula is C44H50FeN6O2+5. The van der Waals surface area contributed by atoms with Crippen molar-refractivity contribution < 1.29 is 35.5 Å². The number of rotatable bonds is 12. The first-order valence-electron chi connectivity index (χ1n) is 18.1. The molecule has 2 aromatic carbocycles. The number of nitrogens with one attached hydrogen (secondary N) is 2. The molecular weight excluding hydrogens is 700 g/mol. The fourth-order valence-electron chi connectivity index (χ4n) is 6.57. The number of benzene rings is 2. The molecule has 271 valence electrons. The van der Waals surface area contributed by atoms with Crippen LogP contribution in [0.25, 0.3) is 68.6 Å². The van der Waals surface area contributed by atoms with E-state index in [2.05, 4.69) is 161 Å². The quantitative estimate of drug-likeness (QED) is 0.0744. The average Bonchev–Trinajstić information content (AvgIpc) is 3.93. The Labute approximate surface area is 323 Å². The molecule has 0 unspecified atom stereocenters. The number of quaternary nitrogens is 2. The molecule has 1 radical (unpaired) electrons. The van der Waals surface area contributed by atoms with Gasteiger partial charge in [-0.25, -0.2) is 9.97 Å². The summed E-state index contributed by atoms with van der Waals surface area (Å²) in [6, 6.07) is 29.3. The molecule has 0 aliphatic carbocycles. The molecule has 0 saturated heterocycles. The van der Waals surface area contributed by atoms with Gasteiger partial charge in [0.25, 0.3) is 0 Å². The van der Waals surface area contributed by atoms with E-state index in [0.717, 1.165) is 113 Å². The van der Waals surface area contributed by atoms with Gasteiger partial charge in [0.1, 0.15) is 11.5 Å². The van der Waals surface area contributed by atoms with Gasteiger partial charge in [-0.3, -0.25) is 0 Å². The third-order valence-electron chi connectivity index (χ3n) is 9.17. The third kappa shape index (κ3) is 9.75. The Kier molecular flexibility index (Phi) is 11.4. The summed E-state index contributed by atoms with van der Waals surface area (Å²) in [5, 5.41) is 0. The van der Waals surface area contributed by atoms with Crippen molar-refractivity contribution in [2.45, 2.75) is 12.8 Å². The van der Waals surface area contributed by atoms with Gasteiger partial charge in [0, 0.05) is 46.0 Å². The Morgan fingerprint density at radius 3 is 1.28 bits per heavy atom. The summed E-state index contributed by atoms with van der Waals surface area (Å²) < 4.78 is 14.0. The van der Waals surface area contributed by atoms with E-state index in [1.807, 2.05) is 0 Å². The second-order valence-electron chi connectivity index (χ2n) is 15.7. The van der Waals surface area contributed by atoms with Gasteiger partial charge in [0.05, 0.1) is 91.4 Å². The molecule has 0 saturated carbocycles. The summed E-state index contributed by atoms with van der Waals surface area (Å²) in [4.78, 5) is 17.5. The molecule has 0 spiro atoms. The van der Waals surface area contributed by atoms with Crippen molar-refractivity contribution in [1.82, 2.24) is 19.9 Å². The van der Waals surface area contributed by atoms with Crippen LogP contribution in [0, 0.1) is 0 Å². The fourth-order valence-corrected chi connectivity index (χ4v) is 6.57. The molecule has 0 atom stereocenters. The fraction of sp³-hybridized carbons (Fsp3) is 0.273. The molecule has 2 aliphatic heterocycles. The van der Waals surface area contributed by atoms with Crippen LogP contribution >= 0.6 is 0 Å². The van der Waals surface area contributed by atoms with Gasteiger partial charge in [0.15, 0.2) is 0 Å². The van der Waals surface area contributed by atoms with Crippen LogP contribution in [-0.2, 0) is 17.1 Å². The van der Waals surface area contributed by atoms with Crippen LogP contribution < -0.4 is 9.47 Å². The van der Waals surface area contributed by atoms with Gasteiger partial charge in [-0.2, -0.15) is 0 Å². The first kappa shape index (κ1) is 37.8. The van der Waals surface area contributed by atoms with Crippen LogP contribution in [0.5, 0.6) is 11.5 Å². The topological polar surface area (TPSA) is 75.8 Å². The van der Waals surface area contributed by atoms with Crippen LogP contribution in [0.15, 0.2) is 84.9 Å². The first-order valence-corrected chi connectivity index (χ1v) is 18.1. The van der Waals surface area contributed by atoms with Crippen molar-refractivity contribution >= 4 is 46.4 Å². The third-order valence-corrected chi connectivity index (χ3v) is 9.17. The van der Waals surface area contributed by atoms with E-state index in [1.165, 1.54) is 0 Å². The summed E-state index contributed by atoms with van der Waals surface area (Å²) in [5.74, 6) is 1.74. The molecule has 8 bridgehead atoms. The van der Waals surface area contributed by atoms with Crippen molar-refractivity contribution in [3.63, 3.8) is 0 Å². The Hall–Kier alpha value is -4.92. The Balaban J connectivity index is 0.00000481. The summed E-state index contributed by atoms with van der Waals surface area (Å²) in [6.45, 7) is 3.52. The number of H-pyrrole nitrogens is 2. The zero-order chi connectivity index (χ0) is 36.3. The van der Waals surface area contributed by atoms with Crippen LogP contribution in [0.2, 0.25) is 0 Å². The van der Waals surface area contributed by atoms with Crippen LogP contribution in [0.4, 0.5) is 0 Å². The molecule has 7 rings (SSSR count). The average molecular weight is 751 g/mol. The van der Waals surface area contributed by atoms with Gasteiger partial charge in [0.2, 0.25) is 0 Å². The van der Waals surface area contributed by atoms with Crippen molar-refractivity contribution in [3.8, 4) is 33.8 Å². The molecule has 0 fully saturated rings. The van der Waals surface area contributed by atoms with Crippen molar-refractivity contribution in [3.05, 3.63) is 108 Å². The maximum atomic E-state index is 6.08. The Morgan fingerprint density at radius 2 is 0.906 bits per heavy atom. The van der Waals surface area contributed by atoms with E-state index >= 15 is 0 Å². The summed E-state index contributed by atoms with van der Waals surface area (Å²) >= 11 is 0. The van der Waals surface area contributed by atoms with E-state index < -0.39 is 0 Å². The van der Waals surface area contributed by atoms with Crippen molar-refractivity contribution in [2.75, 3.05) is 68.6 Å². The second-order valence-corrected chi connectivity index (χ2v) is 15.7. The van der Waals surface area contributed by atoms with E-state index in [9.17, 15) is 0 Å². The van der Waals surface area contributed by atoms with Crippen molar-refractivity contribution in [2.24, 2.45) is 0 Å². The van der Waals surface area contributed by atoms with E-state index in [1.54, 1.807) is 0 Å². The largest absolute Gasteiger partial charge is 3.00 e. The van der Waals surface area contributed by atoms with Gasteiger partial charge >= 0.3 is 17.1 Å². The second kappa shape index (κ2) is 16.0. The van der Waals surface area contributed by atoms with Crippen LogP contribution in [-0.4, -0.2) is 97.5 Å². The van der Waals surface area contributed by atoms with E-state index in [4.69, 9.17) is 19.4 Å². The standard InChI is InChI=1S/C44H50N6O2.Fe/c1-49(2,3)25-7-27-51-37-17-9-31(10-18-37)43-39-21-13-33(45-39)29-35-15-23-41(47-35)44(42-24-16-36(48-42)30-34-14-22-40(43)46-34)32-11-19-38(20-12-32)52-28-8-26-50(4,5)6;/h9-24,29-30,45,48H,7-8,25-28H2,1-6H3;/q+2;+3. The molecule has 2 N–H and O–H groups in total. The van der Waals surface area contributed by atoms with E-state index in [0.29, 0.717) is 13.2 Å². The predicted molar refractivity (Wildman–Crippen MR) is 216 cm³/mol. The summed E-state index contributed by atoms with van der Waals surface area (Å²) in [5.41, 5.74) is 11.7. The van der Waals surface area contributed by atoms with Gasteiger partial charge in [-0.05, 0) is 96.1 Å². The Morgan fingerprint density at radius 1 is 0.509 bits per heavy atom. The maximum absolute atomic E-state index is 6.08. The summed E-state index contributed by atoms with van der Waals surface area (Å²) in [6.07, 6.45) is 10.3. The SMILES string of the molecule is C[N+](C)(C)CCCOc1ccc(-c2c3nc(cc4ccc([nH]4)c(-c4ccc(OCCC[N+](C)(C)C)cc4)c4nc(cc5ccc2[nH]5)C=C4)C=C3)cc1.[Fe+3]. The predicted octanol–water partition coefficient (Wildman–Crippen LogP) is 8.94. The number of ether oxygens (including phenoxy) is 2. The minimum absolute atomic E-state index is 0. The molecule has 2 aliphatic rings. The number of aromatic nitrogens is 4. The molecule has 5 aromatic rings. The summed E-state index contributed by atoms with van der Waals surface area (Å²) in [7, 11) is 13.2. The van der Waals surface area contributed by atoms with E-state index in [-0.39, 0.29) is 17.1 Å². The smallest absolute Gasteiger partial charge is 0.493 e. The number of aromatic amines is 2. The number of fused-ring (bicyclic) bond motifs is 8. The normalized spacial score (nSPS) is 12.5. The van der Waals surface area contributed by atoms with Crippen LogP contribution in [0.3, 0.4) is 0 Å². The monoisotopic (exact) mass is 750 g/mol. The molecule has 8 nitrogen and oxygen atoms in total. The number of hydrogen-bond acceptors (Lipinski definition) is 4. The zero-order valence-electron chi connectivity index (χ0n) is 31.6. The van der Waals surface area contributed by atoms with Crippen LogP contribution in [0.1, 0.15) is 35.6 Å². The molecule has 3 aromatic heterocycles. The van der Waals surface area contributed by atoms with Gasteiger partial charge in [-0.15, -0.1) is 0 Å². The molecule has 5 heterocycles. The molecule has 53 heavy (non-hydrogen) atoms. The Bertz CT molecular complexity index is 2110. The number of hydrogen-bond donors (Lipinski definition) is 2. The zero-order valence-corrected chi connectivity index (χ0v) is 32.7. The number of nitrogens with zero attached hydrogens (tertiary/aromatic N) is 4.